The molecule has 0 bridgehead atoms. The number of amides is 2. The van der Waals surface area contributed by atoms with Crippen LogP contribution in [0.3, 0.4) is 0 Å². The number of rotatable bonds is 0. The third-order valence-electron chi connectivity index (χ3n) is 3.85. The highest BCUT2D eigenvalue weighted by atomic mass is 16.2. The molecule has 3 rings (SSSR count). The molecular formula is C13H14N2O2. The molecule has 0 unspecified atom stereocenters. The van der Waals surface area contributed by atoms with Crippen LogP contribution in [0.25, 0.3) is 0 Å². The molecule has 2 heterocycles. The van der Waals surface area contributed by atoms with E-state index < -0.39 is 5.54 Å². The van der Waals surface area contributed by atoms with Crippen molar-refractivity contribution in [2.45, 2.75) is 25.8 Å². The second-order valence-electron chi connectivity index (χ2n) is 4.99. The molecule has 1 saturated heterocycles. The zero-order valence-corrected chi connectivity index (χ0v) is 9.83. The summed E-state index contributed by atoms with van der Waals surface area (Å²) in [6.07, 6.45) is 0.274. The number of benzene rings is 1. The number of carbonyl (C=O) groups excluding carboxylic acids is 2. The van der Waals surface area contributed by atoms with E-state index in [0.717, 1.165) is 16.8 Å². The quantitative estimate of drug-likeness (QED) is 0.705. The molecule has 2 atom stereocenters. The fraction of sp³-hybridized carbons (Fsp3) is 0.385. The lowest BCUT2D eigenvalue weighted by atomic mass is 9.75. The van der Waals surface area contributed by atoms with Crippen molar-refractivity contribution in [1.29, 1.82) is 0 Å². The monoisotopic (exact) mass is 230 g/mol. The van der Waals surface area contributed by atoms with Crippen molar-refractivity contribution in [3.63, 3.8) is 0 Å². The topological polar surface area (TPSA) is 58.2 Å². The molecule has 1 aromatic carbocycles. The Kier molecular flexibility index (Phi) is 1.88. The molecular weight excluding hydrogens is 216 g/mol. The van der Waals surface area contributed by atoms with Gasteiger partial charge in [-0.25, -0.2) is 0 Å². The molecule has 0 saturated carbocycles. The average molecular weight is 230 g/mol. The van der Waals surface area contributed by atoms with Crippen LogP contribution in [0.2, 0.25) is 0 Å². The van der Waals surface area contributed by atoms with Gasteiger partial charge in [0.05, 0.1) is 11.5 Å². The normalized spacial score (nSPS) is 30.4. The van der Waals surface area contributed by atoms with E-state index in [0.29, 0.717) is 0 Å². The van der Waals surface area contributed by atoms with Crippen molar-refractivity contribution in [3.05, 3.63) is 29.3 Å². The highest BCUT2D eigenvalue weighted by Gasteiger charge is 2.52. The Labute approximate surface area is 99.4 Å². The number of aryl methyl sites for hydroxylation is 1. The lowest BCUT2D eigenvalue weighted by Crippen LogP contribution is -2.48. The molecule has 0 aromatic heterocycles. The Bertz CT molecular complexity index is 538. The zero-order valence-electron chi connectivity index (χ0n) is 9.83. The van der Waals surface area contributed by atoms with Crippen LogP contribution < -0.4 is 10.6 Å². The summed E-state index contributed by atoms with van der Waals surface area (Å²) in [5.74, 6) is -0.420. The molecule has 88 valence electrons. The third kappa shape index (κ3) is 1.24. The van der Waals surface area contributed by atoms with Gasteiger partial charge in [0.25, 0.3) is 0 Å². The predicted molar refractivity (Wildman–Crippen MR) is 63.4 cm³/mol. The summed E-state index contributed by atoms with van der Waals surface area (Å²) in [6, 6.07) is 5.80. The first-order valence-electron chi connectivity index (χ1n) is 5.74. The van der Waals surface area contributed by atoms with E-state index in [1.165, 1.54) is 0 Å². The van der Waals surface area contributed by atoms with Gasteiger partial charge in [0.2, 0.25) is 11.8 Å². The van der Waals surface area contributed by atoms with E-state index in [1.807, 2.05) is 32.0 Å². The van der Waals surface area contributed by atoms with Crippen LogP contribution in [0.1, 0.15) is 24.5 Å². The van der Waals surface area contributed by atoms with E-state index in [-0.39, 0.29) is 24.2 Å². The highest BCUT2D eigenvalue weighted by Crippen LogP contribution is 2.45. The van der Waals surface area contributed by atoms with Crippen molar-refractivity contribution in [1.82, 2.24) is 5.32 Å². The SMILES string of the molecule is Cc1cccc2c1[C@@]1(C)NC(=O)C[C@H]1C(=O)N2. The summed E-state index contributed by atoms with van der Waals surface area (Å²) >= 11 is 0. The molecule has 2 amide bonds. The van der Waals surface area contributed by atoms with Crippen LogP contribution in [0, 0.1) is 12.8 Å². The van der Waals surface area contributed by atoms with Crippen LogP contribution >= 0.6 is 0 Å². The minimum Gasteiger partial charge on any atom is -0.346 e. The molecule has 0 spiro atoms. The lowest BCUT2D eigenvalue weighted by molar-refractivity contribution is -0.123. The standard InChI is InChI=1S/C13H14N2O2/c1-7-4-3-5-9-11(7)13(2)8(12(17)14-9)6-10(16)15-13/h3-5,8H,6H2,1-2H3,(H,14,17)(H,15,16)/t8-,13-/m0/s1. The van der Waals surface area contributed by atoms with Gasteiger partial charge in [0.1, 0.15) is 0 Å². The van der Waals surface area contributed by atoms with Gasteiger partial charge in [-0.3, -0.25) is 9.59 Å². The maximum Gasteiger partial charge on any atom is 0.230 e. The van der Waals surface area contributed by atoms with Crippen LogP contribution in [0.5, 0.6) is 0 Å². The first-order chi connectivity index (χ1) is 8.02. The smallest absolute Gasteiger partial charge is 0.230 e. The molecule has 1 aromatic rings. The highest BCUT2D eigenvalue weighted by molar-refractivity contribution is 6.02. The average Bonchev–Trinajstić information content (AvgIpc) is 2.54. The van der Waals surface area contributed by atoms with Gasteiger partial charge in [-0.1, -0.05) is 12.1 Å². The van der Waals surface area contributed by atoms with Crippen LogP contribution in [0.4, 0.5) is 5.69 Å². The van der Waals surface area contributed by atoms with Crippen LogP contribution in [0.15, 0.2) is 18.2 Å². The second kappa shape index (κ2) is 3.09. The van der Waals surface area contributed by atoms with Crippen molar-refractivity contribution in [2.75, 3.05) is 5.32 Å². The summed E-state index contributed by atoms with van der Waals surface area (Å²) in [7, 11) is 0. The maximum absolute atomic E-state index is 12.0. The lowest BCUT2D eigenvalue weighted by Gasteiger charge is -2.38. The first-order valence-corrected chi connectivity index (χ1v) is 5.74. The van der Waals surface area contributed by atoms with E-state index in [4.69, 9.17) is 0 Å². The zero-order chi connectivity index (χ0) is 12.2. The van der Waals surface area contributed by atoms with Gasteiger partial charge in [0, 0.05) is 17.7 Å². The van der Waals surface area contributed by atoms with Crippen LogP contribution in [-0.2, 0) is 15.1 Å². The molecule has 0 aliphatic carbocycles. The Morgan fingerprint density at radius 3 is 2.88 bits per heavy atom. The first kappa shape index (κ1) is 10.3. The van der Waals surface area contributed by atoms with Gasteiger partial charge in [0.15, 0.2) is 0 Å². The maximum atomic E-state index is 12.0. The molecule has 0 radical (unpaired) electrons. The number of hydrogen-bond acceptors (Lipinski definition) is 2. The van der Waals surface area contributed by atoms with E-state index in [1.54, 1.807) is 0 Å². The van der Waals surface area contributed by atoms with Crippen LogP contribution in [-0.4, -0.2) is 11.8 Å². The molecule has 4 nitrogen and oxygen atoms in total. The van der Waals surface area contributed by atoms with E-state index >= 15 is 0 Å². The van der Waals surface area contributed by atoms with E-state index in [9.17, 15) is 9.59 Å². The Morgan fingerprint density at radius 2 is 2.12 bits per heavy atom. The van der Waals surface area contributed by atoms with Crippen molar-refractivity contribution >= 4 is 17.5 Å². The number of nitrogens with one attached hydrogen (secondary N) is 2. The van der Waals surface area contributed by atoms with Gasteiger partial charge in [-0.2, -0.15) is 0 Å². The third-order valence-corrected chi connectivity index (χ3v) is 3.85. The number of anilines is 1. The number of hydrogen-bond donors (Lipinski definition) is 2. The Balaban J connectivity index is 2.26. The van der Waals surface area contributed by atoms with Gasteiger partial charge >= 0.3 is 0 Å². The summed E-state index contributed by atoms with van der Waals surface area (Å²) in [6.45, 7) is 3.94. The molecule has 1 fully saturated rings. The fourth-order valence-electron chi connectivity index (χ4n) is 3.09. The largest absolute Gasteiger partial charge is 0.346 e. The summed E-state index contributed by atoms with van der Waals surface area (Å²) in [4.78, 5) is 23.6. The summed E-state index contributed by atoms with van der Waals surface area (Å²) in [5, 5.41) is 5.85. The molecule has 17 heavy (non-hydrogen) atoms. The van der Waals surface area contributed by atoms with Crippen molar-refractivity contribution in [2.24, 2.45) is 5.92 Å². The fourth-order valence-corrected chi connectivity index (χ4v) is 3.09. The Morgan fingerprint density at radius 1 is 1.35 bits per heavy atom. The van der Waals surface area contributed by atoms with Gasteiger partial charge in [-0.05, 0) is 25.5 Å². The minimum atomic E-state index is -0.555. The summed E-state index contributed by atoms with van der Waals surface area (Å²) in [5.41, 5.74) is 2.39. The van der Waals surface area contributed by atoms with Gasteiger partial charge < -0.3 is 10.6 Å². The molecule has 2 aliphatic heterocycles. The second-order valence-corrected chi connectivity index (χ2v) is 4.99. The van der Waals surface area contributed by atoms with Crippen molar-refractivity contribution < 1.29 is 9.59 Å². The Hall–Kier alpha value is -1.84. The molecule has 4 heteroatoms. The van der Waals surface area contributed by atoms with Crippen molar-refractivity contribution in [3.8, 4) is 0 Å². The van der Waals surface area contributed by atoms with E-state index in [2.05, 4.69) is 10.6 Å². The summed E-state index contributed by atoms with van der Waals surface area (Å²) < 4.78 is 0. The number of fused-ring (bicyclic) bond motifs is 3. The van der Waals surface area contributed by atoms with Gasteiger partial charge in [-0.15, -0.1) is 0 Å². The molecule has 2 N–H and O–H groups in total. The minimum absolute atomic E-state index is 0.0521. The number of carbonyl (C=O) groups is 2. The predicted octanol–water partition coefficient (Wildman–Crippen LogP) is 1.30. The molecule has 2 aliphatic rings.